The quantitative estimate of drug-likeness (QED) is 0.407. The highest BCUT2D eigenvalue weighted by Crippen LogP contribution is 2.44. The molecule has 0 spiro atoms. The first-order valence-electron chi connectivity index (χ1n) is 13.9. The number of piperidine rings is 3. The van der Waals surface area contributed by atoms with Gasteiger partial charge in [0.15, 0.2) is 5.76 Å². The topological polar surface area (TPSA) is 55.5 Å². The molecule has 36 heavy (non-hydrogen) atoms. The maximum absolute atomic E-state index is 12.2. The Hall–Kier alpha value is -2.47. The van der Waals surface area contributed by atoms with Gasteiger partial charge in [-0.15, -0.1) is 0 Å². The van der Waals surface area contributed by atoms with Gasteiger partial charge in [0.05, 0.1) is 19.7 Å². The maximum Gasteiger partial charge on any atom is 0.191 e. The van der Waals surface area contributed by atoms with Crippen molar-refractivity contribution in [2.75, 3.05) is 19.6 Å². The molecule has 3 aliphatic heterocycles. The summed E-state index contributed by atoms with van der Waals surface area (Å²) in [5.41, 5.74) is 1.75. The third-order valence-electron chi connectivity index (χ3n) is 9.20. The molecule has 3 aromatic rings. The smallest absolute Gasteiger partial charge is 0.191 e. The Morgan fingerprint density at radius 1 is 0.917 bits per heavy atom. The second-order valence-electron chi connectivity index (χ2n) is 11.4. The van der Waals surface area contributed by atoms with Crippen LogP contribution in [0.3, 0.4) is 0 Å². The van der Waals surface area contributed by atoms with Crippen LogP contribution in [0.5, 0.6) is 0 Å². The molecule has 0 amide bonds. The van der Waals surface area contributed by atoms with E-state index in [2.05, 4.69) is 41.6 Å². The van der Waals surface area contributed by atoms with Crippen molar-refractivity contribution in [2.24, 2.45) is 11.8 Å². The summed E-state index contributed by atoms with van der Waals surface area (Å²) in [6, 6.07) is 22.6. The number of nitrogens with zero attached hydrogens (tertiary/aromatic N) is 2. The molecule has 4 heterocycles. The van der Waals surface area contributed by atoms with Crippen molar-refractivity contribution in [1.29, 1.82) is 0 Å². The van der Waals surface area contributed by atoms with E-state index < -0.39 is 5.60 Å². The average Bonchev–Trinajstić information content (AvgIpc) is 3.42. The molecule has 1 saturated carbocycles. The van der Waals surface area contributed by atoms with Crippen LogP contribution in [0.25, 0.3) is 0 Å². The molecule has 4 aliphatic rings. The summed E-state index contributed by atoms with van der Waals surface area (Å²) in [4.78, 5) is 0. The maximum atomic E-state index is 12.2. The predicted octanol–water partition coefficient (Wildman–Crippen LogP) is 5.82. The zero-order chi connectivity index (χ0) is 24.4. The Bertz CT molecular complexity index is 1120. The summed E-state index contributed by atoms with van der Waals surface area (Å²) in [7, 11) is 0. The van der Waals surface area contributed by atoms with Gasteiger partial charge in [-0.2, -0.15) is 0 Å². The Morgan fingerprint density at radius 2 is 1.61 bits per heavy atom. The number of hydrogen-bond donors (Lipinski definition) is 1. The minimum Gasteiger partial charge on any atom is -0.378 e. The van der Waals surface area contributed by atoms with Gasteiger partial charge in [0.2, 0.25) is 0 Å². The Kier molecular flexibility index (Phi) is 6.72. The predicted molar refractivity (Wildman–Crippen MR) is 139 cm³/mol. The highest BCUT2D eigenvalue weighted by molar-refractivity contribution is 5.33. The minimum atomic E-state index is -1.10. The van der Waals surface area contributed by atoms with Crippen molar-refractivity contribution in [3.63, 3.8) is 0 Å². The largest absolute Gasteiger partial charge is 0.378 e. The molecule has 3 saturated heterocycles. The van der Waals surface area contributed by atoms with E-state index in [1.807, 2.05) is 30.3 Å². The summed E-state index contributed by atoms with van der Waals surface area (Å²) in [5, 5.41) is 16.7. The highest BCUT2D eigenvalue weighted by atomic mass is 16.5. The van der Waals surface area contributed by atoms with E-state index in [1.54, 1.807) is 0 Å². The third kappa shape index (κ3) is 4.65. The Balaban J connectivity index is 1.20. The van der Waals surface area contributed by atoms with Crippen molar-refractivity contribution < 1.29 is 18.8 Å². The van der Waals surface area contributed by atoms with Crippen molar-refractivity contribution in [3.8, 4) is 0 Å². The fraction of sp³-hybridized carbons (Fsp3) is 0.516. The molecule has 2 atom stereocenters. The molecule has 190 valence electrons. The standard InChI is InChI=1S/C31H39N2O3/c34-31(26-12-6-2-7-13-26,27-14-8-3-9-15-27)30-20-28(36-32-30)21-33-18-16-25(17-19-33)29(22-33)35-23-24-10-4-1-5-11-24/h1-2,4-7,10-13,20,25,27,29,34H,3,8-9,14-19,21-23H2/q+1/t25?,29?,31-,33?/m0/s1. The number of benzene rings is 2. The molecule has 0 radical (unpaired) electrons. The fourth-order valence-electron chi connectivity index (χ4n) is 7.11. The number of fused-ring (bicyclic) bond motifs is 3. The molecule has 1 N–H and O–H groups in total. The van der Waals surface area contributed by atoms with Crippen LogP contribution >= 0.6 is 0 Å². The van der Waals surface area contributed by atoms with E-state index in [9.17, 15) is 5.11 Å². The third-order valence-corrected chi connectivity index (χ3v) is 9.20. The summed E-state index contributed by atoms with van der Waals surface area (Å²) < 4.78 is 13.4. The van der Waals surface area contributed by atoms with Gasteiger partial charge in [0, 0.05) is 24.8 Å². The van der Waals surface area contributed by atoms with E-state index >= 15 is 0 Å². The van der Waals surface area contributed by atoms with Crippen molar-refractivity contribution >= 4 is 0 Å². The SMILES string of the molecule is O[C@](c1ccccc1)(c1cc(C[N+]23CCC(CC2)C(OCc2ccccc2)C3)on1)C1CCCCC1. The molecule has 1 aromatic heterocycles. The number of quaternary nitrogens is 1. The molecule has 5 heteroatoms. The number of ether oxygens (including phenoxy) is 1. The van der Waals surface area contributed by atoms with Crippen LogP contribution in [0.1, 0.15) is 67.5 Å². The van der Waals surface area contributed by atoms with Crippen LogP contribution in [0.2, 0.25) is 0 Å². The monoisotopic (exact) mass is 487 g/mol. The van der Waals surface area contributed by atoms with Crippen molar-refractivity contribution in [2.45, 2.75) is 69.8 Å². The van der Waals surface area contributed by atoms with Crippen LogP contribution in [0.15, 0.2) is 71.3 Å². The molecule has 7 rings (SSSR count). The second-order valence-corrected chi connectivity index (χ2v) is 11.4. The number of rotatable bonds is 8. The van der Waals surface area contributed by atoms with Gasteiger partial charge in [0.25, 0.3) is 0 Å². The molecule has 2 aromatic carbocycles. The van der Waals surface area contributed by atoms with Crippen molar-refractivity contribution in [1.82, 2.24) is 5.16 Å². The zero-order valence-corrected chi connectivity index (χ0v) is 21.2. The van der Waals surface area contributed by atoms with E-state index in [1.165, 1.54) is 24.8 Å². The lowest BCUT2D eigenvalue weighted by molar-refractivity contribution is -0.959. The van der Waals surface area contributed by atoms with E-state index in [-0.39, 0.29) is 5.92 Å². The van der Waals surface area contributed by atoms with Crippen LogP contribution in [0.4, 0.5) is 0 Å². The number of aromatic nitrogens is 1. The first-order valence-corrected chi connectivity index (χ1v) is 13.9. The van der Waals surface area contributed by atoms with Gasteiger partial charge < -0.3 is 18.8 Å². The van der Waals surface area contributed by atoms with Crippen molar-refractivity contribution in [3.05, 3.63) is 89.3 Å². The molecule has 5 nitrogen and oxygen atoms in total. The van der Waals surface area contributed by atoms with Gasteiger partial charge in [-0.1, -0.05) is 85.1 Å². The van der Waals surface area contributed by atoms with E-state index in [4.69, 9.17) is 9.26 Å². The Morgan fingerprint density at radius 3 is 2.33 bits per heavy atom. The normalized spacial score (nSPS) is 28.1. The Labute approximate surface area is 214 Å². The second kappa shape index (κ2) is 10.1. The van der Waals surface area contributed by atoms with Gasteiger partial charge >= 0.3 is 0 Å². The van der Waals surface area contributed by atoms with Gasteiger partial charge in [-0.05, 0) is 29.9 Å². The fourth-order valence-corrected chi connectivity index (χ4v) is 7.11. The first kappa shape index (κ1) is 23.9. The van der Waals surface area contributed by atoms with Gasteiger partial charge in [-0.3, -0.25) is 0 Å². The number of hydrogen-bond acceptors (Lipinski definition) is 4. The molecular formula is C31H39N2O3+. The first-order chi connectivity index (χ1) is 17.6. The van der Waals surface area contributed by atoms with Crippen LogP contribution in [-0.4, -0.2) is 40.5 Å². The van der Waals surface area contributed by atoms with E-state index in [0.29, 0.717) is 24.3 Å². The molecule has 2 bridgehead atoms. The molecule has 1 unspecified atom stereocenters. The molecular weight excluding hydrogens is 448 g/mol. The minimum absolute atomic E-state index is 0.167. The van der Waals surface area contributed by atoms with Crippen LogP contribution in [-0.2, 0) is 23.5 Å². The van der Waals surface area contributed by atoms with Crippen LogP contribution in [0, 0.1) is 11.8 Å². The summed E-state index contributed by atoms with van der Waals surface area (Å²) in [5.74, 6) is 1.71. The average molecular weight is 488 g/mol. The lowest BCUT2D eigenvalue weighted by Gasteiger charge is -2.51. The zero-order valence-electron chi connectivity index (χ0n) is 21.2. The van der Waals surface area contributed by atoms with Crippen LogP contribution < -0.4 is 0 Å². The number of aliphatic hydroxyl groups is 1. The van der Waals surface area contributed by atoms with E-state index in [0.717, 1.165) is 67.7 Å². The molecule has 1 aliphatic carbocycles. The lowest BCUT2D eigenvalue weighted by Crippen LogP contribution is -2.63. The summed E-state index contributed by atoms with van der Waals surface area (Å²) in [6.07, 6.45) is 8.32. The summed E-state index contributed by atoms with van der Waals surface area (Å²) in [6.45, 7) is 4.86. The van der Waals surface area contributed by atoms with Gasteiger partial charge in [0.1, 0.15) is 30.5 Å². The molecule has 4 fully saturated rings. The lowest BCUT2D eigenvalue weighted by atomic mass is 9.71. The van der Waals surface area contributed by atoms with Gasteiger partial charge in [-0.25, -0.2) is 0 Å². The summed E-state index contributed by atoms with van der Waals surface area (Å²) >= 11 is 0. The highest BCUT2D eigenvalue weighted by Gasteiger charge is 2.48.